The smallest absolute Gasteiger partial charge is 0.298 e. The van der Waals surface area contributed by atoms with Crippen molar-refractivity contribution in [2.75, 3.05) is 24.5 Å². The molecule has 0 unspecified atom stereocenters. The molecule has 1 aliphatic heterocycles. The fraction of sp³-hybridized carbons (Fsp3) is 0.524. The molecule has 1 fully saturated rings. The highest BCUT2D eigenvalue weighted by molar-refractivity contribution is 5.79. The summed E-state index contributed by atoms with van der Waals surface area (Å²) in [6.07, 6.45) is 10.3. The van der Waals surface area contributed by atoms with Crippen molar-refractivity contribution < 1.29 is 9.21 Å². The van der Waals surface area contributed by atoms with Crippen molar-refractivity contribution >= 4 is 23.0 Å². The lowest BCUT2D eigenvalue weighted by molar-refractivity contribution is -0.125. The summed E-state index contributed by atoms with van der Waals surface area (Å²) < 4.78 is 5.87. The predicted molar refractivity (Wildman–Crippen MR) is 103 cm³/mol. The monoisotopic (exact) mass is 353 g/mol. The van der Waals surface area contributed by atoms with Gasteiger partial charge in [0.05, 0.1) is 5.92 Å². The summed E-state index contributed by atoms with van der Waals surface area (Å²) in [5.74, 6) is 0.182. The molecular formula is C21H27N3O2. The molecule has 1 amide bonds. The topological polar surface area (TPSA) is 58.4 Å². The van der Waals surface area contributed by atoms with Gasteiger partial charge in [-0.15, -0.1) is 0 Å². The van der Waals surface area contributed by atoms with E-state index < -0.39 is 0 Å². The predicted octanol–water partition coefficient (Wildman–Crippen LogP) is 4.05. The lowest BCUT2D eigenvalue weighted by atomic mass is 9.96. The minimum atomic E-state index is 0.0131. The average molecular weight is 353 g/mol. The first-order chi connectivity index (χ1) is 12.8. The Labute approximate surface area is 154 Å². The Morgan fingerprint density at radius 3 is 3.04 bits per heavy atom. The first kappa shape index (κ1) is 17.1. The zero-order chi connectivity index (χ0) is 17.8. The quantitative estimate of drug-likeness (QED) is 0.824. The standard InChI is InChI=1S/C21H27N3O2/c25-20(22-13-12-16-7-2-1-3-8-16)17-9-6-14-24(15-17)21-23-18-10-4-5-11-19(18)26-21/h4-5,7,10-11,17H,1-3,6,8-9,12-15H2,(H,22,25)/t17-/m0/s1. The second kappa shape index (κ2) is 7.94. The lowest BCUT2D eigenvalue weighted by Gasteiger charge is -2.30. The van der Waals surface area contributed by atoms with Crippen molar-refractivity contribution in [3.8, 4) is 0 Å². The number of benzene rings is 1. The van der Waals surface area contributed by atoms with E-state index >= 15 is 0 Å². The van der Waals surface area contributed by atoms with Crippen molar-refractivity contribution in [3.63, 3.8) is 0 Å². The van der Waals surface area contributed by atoms with E-state index in [1.807, 2.05) is 24.3 Å². The number of hydrogen-bond acceptors (Lipinski definition) is 4. The Hall–Kier alpha value is -2.30. The molecule has 1 aromatic heterocycles. The summed E-state index contributed by atoms with van der Waals surface area (Å²) >= 11 is 0. The Morgan fingerprint density at radius 2 is 2.19 bits per heavy atom. The summed E-state index contributed by atoms with van der Waals surface area (Å²) in [6, 6.07) is 8.43. The fourth-order valence-corrected chi connectivity index (χ4v) is 3.98. The summed E-state index contributed by atoms with van der Waals surface area (Å²) in [5, 5.41) is 3.14. The molecule has 1 N–H and O–H groups in total. The van der Waals surface area contributed by atoms with Crippen molar-refractivity contribution in [3.05, 3.63) is 35.9 Å². The van der Waals surface area contributed by atoms with Crippen LogP contribution in [0.2, 0.25) is 0 Å². The molecule has 0 radical (unpaired) electrons. The maximum atomic E-state index is 12.6. The van der Waals surface area contributed by atoms with Crippen LogP contribution in [-0.4, -0.2) is 30.5 Å². The number of anilines is 1. The molecular weight excluding hydrogens is 326 g/mol. The number of piperidine rings is 1. The van der Waals surface area contributed by atoms with Gasteiger partial charge in [-0.2, -0.15) is 4.98 Å². The van der Waals surface area contributed by atoms with E-state index in [1.165, 1.54) is 31.3 Å². The van der Waals surface area contributed by atoms with Gasteiger partial charge in [0, 0.05) is 19.6 Å². The number of rotatable bonds is 5. The van der Waals surface area contributed by atoms with E-state index in [-0.39, 0.29) is 11.8 Å². The number of oxazole rings is 1. The molecule has 5 heteroatoms. The van der Waals surface area contributed by atoms with E-state index in [0.717, 1.165) is 43.5 Å². The number of aromatic nitrogens is 1. The molecule has 0 saturated carbocycles. The van der Waals surface area contributed by atoms with Gasteiger partial charge in [-0.05, 0) is 57.1 Å². The van der Waals surface area contributed by atoms with Gasteiger partial charge in [-0.25, -0.2) is 0 Å². The van der Waals surface area contributed by atoms with Crippen LogP contribution in [0.3, 0.4) is 0 Å². The minimum absolute atomic E-state index is 0.0131. The van der Waals surface area contributed by atoms with Crippen LogP contribution in [0.4, 0.5) is 6.01 Å². The molecule has 138 valence electrons. The SMILES string of the molecule is O=C(NCCC1=CCCCC1)[C@H]1CCCN(c2nc3ccccc3o2)C1. The summed E-state index contributed by atoms with van der Waals surface area (Å²) in [6.45, 7) is 2.33. The number of hydrogen-bond donors (Lipinski definition) is 1. The number of allylic oxidation sites excluding steroid dienone is 1. The van der Waals surface area contributed by atoms with Gasteiger partial charge in [0.2, 0.25) is 5.91 Å². The van der Waals surface area contributed by atoms with E-state index in [4.69, 9.17) is 4.42 Å². The maximum Gasteiger partial charge on any atom is 0.298 e. The van der Waals surface area contributed by atoms with E-state index in [0.29, 0.717) is 12.6 Å². The van der Waals surface area contributed by atoms with Gasteiger partial charge in [0.15, 0.2) is 5.58 Å². The first-order valence-corrected chi connectivity index (χ1v) is 9.86. The maximum absolute atomic E-state index is 12.6. The summed E-state index contributed by atoms with van der Waals surface area (Å²) in [7, 11) is 0. The third kappa shape index (κ3) is 3.92. The third-order valence-electron chi connectivity index (χ3n) is 5.48. The zero-order valence-electron chi connectivity index (χ0n) is 15.2. The number of fused-ring (bicyclic) bond motifs is 1. The number of para-hydroxylation sites is 2. The van der Waals surface area contributed by atoms with Crippen LogP contribution in [0.15, 0.2) is 40.3 Å². The summed E-state index contributed by atoms with van der Waals surface area (Å²) in [5.41, 5.74) is 3.18. The Balaban J connectivity index is 1.32. The molecule has 1 aromatic carbocycles. The van der Waals surface area contributed by atoms with Crippen molar-refractivity contribution in [1.82, 2.24) is 10.3 Å². The first-order valence-electron chi connectivity index (χ1n) is 9.86. The molecule has 1 atom stereocenters. The molecule has 1 aliphatic carbocycles. The van der Waals surface area contributed by atoms with E-state index in [1.54, 1.807) is 0 Å². The van der Waals surface area contributed by atoms with Crippen LogP contribution < -0.4 is 10.2 Å². The van der Waals surface area contributed by atoms with Gasteiger partial charge >= 0.3 is 0 Å². The van der Waals surface area contributed by atoms with Crippen LogP contribution in [0.5, 0.6) is 0 Å². The van der Waals surface area contributed by atoms with Crippen molar-refractivity contribution in [2.45, 2.75) is 44.9 Å². The van der Waals surface area contributed by atoms with Crippen LogP contribution in [0.25, 0.3) is 11.1 Å². The second-order valence-electron chi connectivity index (χ2n) is 7.40. The number of carbonyl (C=O) groups excluding carboxylic acids is 1. The highest BCUT2D eigenvalue weighted by Crippen LogP contribution is 2.26. The van der Waals surface area contributed by atoms with Gasteiger partial charge in [-0.3, -0.25) is 4.79 Å². The van der Waals surface area contributed by atoms with Crippen molar-refractivity contribution in [2.24, 2.45) is 5.92 Å². The second-order valence-corrected chi connectivity index (χ2v) is 7.40. The molecule has 2 heterocycles. The lowest BCUT2D eigenvalue weighted by Crippen LogP contribution is -2.43. The highest BCUT2D eigenvalue weighted by atomic mass is 16.4. The number of amides is 1. The Morgan fingerprint density at radius 1 is 1.27 bits per heavy atom. The molecule has 0 spiro atoms. The third-order valence-corrected chi connectivity index (χ3v) is 5.48. The molecule has 0 bridgehead atoms. The minimum Gasteiger partial charge on any atom is -0.423 e. The van der Waals surface area contributed by atoms with Crippen LogP contribution in [-0.2, 0) is 4.79 Å². The van der Waals surface area contributed by atoms with E-state index in [9.17, 15) is 4.79 Å². The fourth-order valence-electron chi connectivity index (χ4n) is 3.98. The summed E-state index contributed by atoms with van der Waals surface area (Å²) in [4.78, 5) is 19.3. The van der Waals surface area contributed by atoms with Crippen molar-refractivity contribution in [1.29, 1.82) is 0 Å². The average Bonchev–Trinajstić information content (AvgIpc) is 3.13. The normalized spacial score (nSPS) is 20.8. The molecule has 2 aliphatic rings. The molecule has 5 nitrogen and oxygen atoms in total. The molecule has 26 heavy (non-hydrogen) atoms. The van der Waals surface area contributed by atoms with Gasteiger partial charge in [0.25, 0.3) is 6.01 Å². The number of nitrogens with one attached hydrogen (secondary N) is 1. The van der Waals surface area contributed by atoms with Gasteiger partial charge < -0.3 is 14.6 Å². The van der Waals surface area contributed by atoms with Crippen LogP contribution in [0.1, 0.15) is 44.9 Å². The van der Waals surface area contributed by atoms with E-state index in [2.05, 4.69) is 21.3 Å². The largest absolute Gasteiger partial charge is 0.423 e. The molecule has 4 rings (SSSR count). The molecule has 2 aromatic rings. The Bertz CT molecular complexity index is 762. The number of nitrogens with zero attached hydrogens (tertiary/aromatic N) is 2. The zero-order valence-corrected chi connectivity index (χ0v) is 15.2. The van der Waals surface area contributed by atoms with Crippen LogP contribution in [0, 0.1) is 5.92 Å². The van der Waals surface area contributed by atoms with Gasteiger partial charge in [0.1, 0.15) is 5.52 Å². The van der Waals surface area contributed by atoms with Gasteiger partial charge in [-0.1, -0.05) is 23.8 Å². The number of carbonyl (C=O) groups is 1. The molecule has 1 saturated heterocycles. The van der Waals surface area contributed by atoms with Crippen LogP contribution >= 0.6 is 0 Å². The Kier molecular flexibility index (Phi) is 5.23. The highest BCUT2D eigenvalue weighted by Gasteiger charge is 2.28.